The third-order valence-corrected chi connectivity index (χ3v) is 6.10. The topological polar surface area (TPSA) is 91.3 Å². The van der Waals surface area contributed by atoms with Crippen molar-refractivity contribution in [2.75, 3.05) is 6.54 Å². The molecule has 0 aliphatic carbocycles. The summed E-state index contributed by atoms with van der Waals surface area (Å²) in [6.45, 7) is 4.21. The summed E-state index contributed by atoms with van der Waals surface area (Å²) < 4.78 is 2.94. The van der Waals surface area contributed by atoms with Crippen LogP contribution in [0.3, 0.4) is 0 Å². The molecule has 3 heterocycles. The zero-order chi connectivity index (χ0) is 20.4. The second kappa shape index (κ2) is 5.98. The van der Waals surface area contributed by atoms with Crippen LogP contribution in [0.2, 0.25) is 0 Å². The molecule has 7 nitrogen and oxygen atoms in total. The molecular weight excluding hydrogens is 368 g/mol. The number of imidazole rings is 1. The van der Waals surface area contributed by atoms with Crippen LogP contribution in [-0.4, -0.2) is 31.6 Å². The van der Waals surface area contributed by atoms with E-state index in [0.717, 1.165) is 10.8 Å². The molecule has 1 N–H and O–H groups in total. The highest BCUT2D eigenvalue weighted by Crippen LogP contribution is 2.49. The largest absolute Gasteiger partial charge is 0.493 e. The molecule has 1 aromatic heterocycles. The predicted molar refractivity (Wildman–Crippen MR) is 107 cm³/mol. The van der Waals surface area contributed by atoms with Crippen molar-refractivity contribution in [2.45, 2.75) is 32.4 Å². The number of amides is 1. The normalized spacial score (nSPS) is 19.7. The number of hydrogen-bond acceptors (Lipinski definition) is 4. The van der Waals surface area contributed by atoms with Crippen LogP contribution in [0.4, 0.5) is 0 Å². The quantitative estimate of drug-likeness (QED) is 0.731. The minimum Gasteiger partial charge on any atom is -0.493 e. The molecule has 2 atom stereocenters. The van der Waals surface area contributed by atoms with Crippen LogP contribution in [0.15, 0.2) is 41.2 Å². The van der Waals surface area contributed by atoms with Crippen LogP contribution in [0.5, 0.6) is 5.88 Å². The van der Waals surface area contributed by atoms with Crippen molar-refractivity contribution in [1.82, 2.24) is 14.0 Å². The van der Waals surface area contributed by atoms with Gasteiger partial charge in [-0.15, -0.1) is 0 Å². The number of hydrogen-bond donors (Lipinski definition) is 1. The summed E-state index contributed by atoms with van der Waals surface area (Å²) in [5, 5.41) is 21.9. The molecule has 0 unspecified atom stereocenters. The average molecular weight is 388 g/mol. The third kappa shape index (κ3) is 2.23. The number of nitriles is 1. The molecule has 2 aliphatic rings. The minimum atomic E-state index is -0.309. The van der Waals surface area contributed by atoms with Crippen LogP contribution in [0.1, 0.15) is 43.6 Å². The van der Waals surface area contributed by atoms with Gasteiger partial charge in [-0.25, -0.2) is 9.36 Å². The lowest BCUT2D eigenvalue weighted by Gasteiger charge is -2.29. The zero-order valence-electron chi connectivity index (χ0n) is 16.2. The number of fused-ring (bicyclic) bond motifs is 6. The molecular formula is C22H20N4O3. The first-order valence-corrected chi connectivity index (χ1v) is 9.72. The Bertz CT molecular complexity index is 1280. The van der Waals surface area contributed by atoms with Gasteiger partial charge in [0.25, 0.3) is 0 Å². The molecule has 1 saturated heterocycles. The fourth-order valence-corrected chi connectivity index (χ4v) is 4.81. The lowest BCUT2D eigenvalue weighted by atomic mass is 10.0. The smallest absolute Gasteiger partial charge is 0.336 e. The van der Waals surface area contributed by atoms with Gasteiger partial charge in [-0.1, -0.05) is 38.1 Å². The number of carbonyl (C=O) groups is 1. The van der Waals surface area contributed by atoms with Gasteiger partial charge in [0.15, 0.2) is 0 Å². The highest BCUT2D eigenvalue weighted by molar-refractivity contribution is 5.94. The molecule has 5 rings (SSSR count). The van der Waals surface area contributed by atoms with Crippen molar-refractivity contribution in [1.29, 1.82) is 5.26 Å². The lowest BCUT2D eigenvalue weighted by Crippen LogP contribution is -2.39. The summed E-state index contributed by atoms with van der Waals surface area (Å²) in [5.74, 6) is -0.230. The van der Waals surface area contributed by atoms with Crippen LogP contribution in [-0.2, 0) is 4.79 Å². The van der Waals surface area contributed by atoms with E-state index in [0.29, 0.717) is 29.9 Å². The standard InChI is InChI=1S/C22H20N4O3/c1-12(2)20(27)24-11-14-9-18(24)19-21(28)26(22(29)25(14)19)17-8-7-13(10-23)15-5-3-4-6-16(15)17/h3-8,12,14,18,28H,9,11H2,1-2H3/t14-,18-/m1/s1. The van der Waals surface area contributed by atoms with Gasteiger partial charge >= 0.3 is 5.69 Å². The van der Waals surface area contributed by atoms with E-state index in [9.17, 15) is 20.0 Å². The van der Waals surface area contributed by atoms with E-state index in [1.54, 1.807) is 21.6 Å². The van der Waals surface area contributed by atoms with E-state index in [-0.39, 0.29) is 35.5 Å². The Kier molecular flexibility index (Phi) is 3.62. The molecule has 1 fully saturated rings. The summed E-state index contributed by atoms with van der Waals surface area (Å²) in [6.07, 6.45) is 0.658. The maximum absolute atomic E-state index is 13.3. The summed E-state index contributed by atoms with van der Waals surface area (Å²) in [4.78, 5) is 27.6. The Labute approximate surface area is 167 Å². The first kappa shape index (κ1) is 17.6. The Balaban J connectivity index is 1.72. The van der Waals surface area contributed by atoms with Gasteiger partial charge in [-0.3, -0.25) is 9.36 Å². The predicted octanol–water partition coefficient (Wildman–Crippen LogP) is 2.85. The number of carbonyl (C=O) groups excluding carboxylic acids is 1. The average Bonchev–Trinajstić information content (AvgIpc) is 3.38. The van der Waals surface area contributed by atoms with Gasteiger partial charge in [0, 0.05) is 23.2 Å². The number of likely N-dealkylation sites (tertiary alicyclic amines) is 1. The molecule has 2 aliphatic heterocycles. The van der Waals surface area contributed by atoms with Gasteiger partial charge in [0.2, 0.25) is 11.8 Å². The first-order chi connectivity index (χ1) is 13.9. The highest BCUT2D eigenvalue weighted by atomic mass is 16.3. The van der Waals surface area contributed by atoms with Crippen LogP contribution >= 0.6 is 0 Å². The van der Waals surface area contributed by atoms with E-state index < -0.39 is 0 Å². The first-order valence-electron chi connectivity index (χ1n) is 9.72. The van der Waals surface area contributed by atoms with E-state index >= 15 is 0 Å². The summed E-state index contributed by atoms with van der Waals surface area (Å²) in [5.41, 5.74) is 1.24. The minimum absolute atomic E-state index is 0.0344. The fourth-order valence-electron chi connectivity index (χ4n) is 4.81. The molecule has 0 radical (unpaired) electrons. The Morgan fingerprint density at radius 1 is 1.21 bits per heavy atom. The van der Waals surface area contributed by atoms with Crippen molar-refractivity contribution < 1.29 is 9.90 Å². The molecule has 29 heavy (non-hydrogen) atoms. The second-order valence-corrected chi connectivity index (χ2v) is 8.04. The van der Waals surface area contributed by atoms with Gasteiger partial charge in [-0.05, 0) is 18.6 Å². The van der Waals surface area contributed by atoms with Gasteiger partial charge < -0.3 is 10.0 Å². The molecule has 2 bridgehead atoms. The summed E-state index contributed by atoms with van der Waals surface area (Å²) in [6, 6.07) is 12.5. The van der Waals surface area contributed by atoms with Crippen molar-refractivity contribution in [3.05, 3.63) is 58.1 Å². The number of aromatic hydroxyl groups is 1. The summed E-state index contributed by atoms with van der Waals surface area (Å²) >= 11 is 0. The van der Waals surface area contributed by atoms with Gasteiger partial charge in [-0.2, -0.15) is 5.26 Å². The number of benzene rings is 2. The van der Waals surface area contributed by atoms with Crippen molar-refractivity contribution in [3.63, 3.8) is 0 Å². The molecule has 7 heteroatoms. The fraction of sp³-hybridized carbons (Fsp3) is 0.318. The van der Waals surface area contributed by atoms with E-state index in [1.165, 1.54) is 4.57 Å². The van der Waals surface area contributed by atoms with Crippen molar-refractivity contribution >= 4 is 16.7 Å². The highest BCUT2D eigenvalue weighted by Gasteiger charge is 2.49. The van der Waals surface area contributed by atoms with Crippen LogP contribution in [0.25, 0.3) is 16.5 Å². The molecule has 3 aromatic rings. The number of rotatable bonds is 2. The van der Waals surface area contributed by atoms with Crippen molar-refractivity contribution in [2.24, 2.45) is 5.92 Å². The molecule has 2 aromatic carbocycles. The van der Waals surface area contributed by atoms with Gasteiger partial charge in [0.1, 0.15) is 5.69 Å². The lowest BCUT2D eigenvalue weighted by molar-refractivity contribution is -0.136. The molecule has 1 amide bonds. The van der Waals surface area contributed by atoms with E-state index in [2.05, 4.69) is 6.07 Å². The van der Waals surface area contributed by atoms with Crippen molar-refractivity contribution in [3.8, 4) is 17.6 Å². The maximum Gasteiger partial charge on any atom is 0.336 e. The number of aromatic nitrogens is 2. The molecule has 146 valence electrons. The van der Waals surface area contributed by atoms with Gasteiger partial charge in [0.05, 0.1) is 29.4 Å². The molecule has 0 saturated carbocycles. The SMILES string of the molecule is CC(C)C(=O)N1C[C@H]2C[C@@H]1c1c(O)n(-c3ccc(C#N)c4ccccc34)c(=O)n12. The van der Waals surface area contributed by atoms with Crippen LogP contribution in [0, 0.1) is 17.2 Å². The van der Waals surface area contributed by atoms with E-state index in [4.69, 9.17) is 0 Å². The Morgan fingerprint density at radius 2 is 1.93 bits per heavy atom. The summed E-state index contributed by atoms with van der Waals surface area (Å²) in [7, 11) is 0. The van der Waals surface area contributed by atoms with Crippen LogP contribution < -0.4 is 5.69 Å². The number of nitrogens with zero attached hydrogens (tertiary/aromatic N) is 4. The van der Waals surface area contributed by atoms with E-state index in [1.807, 2.05) is 38.1 Å². The zero-order valence-corrected chi connectivity index (χ0v) is 16.2. The Morgan fingerprint density at radius 3 is 2.62 bits per heavy atom. The third-order valence-electron chi connectivity index (χ3n) is 6.10. The maximum atomic E-state index is 13.3. The molecule has 0 spiro atoms. The monoisotopic (exact) mass is 388 g/mol. The second-order valence-electron chi connectivity index (χ2n) is 8.04. The Hall–Kier alpha value is -3.53.